The van der Waals surface area contributed by atoms with Gasteiger partial charge >= 0.3 is 0 Å². The van der Waals surface area contributed by atoms with Crippen LogP contribution < -0.4 is 0 Å². The van der Waals surface area contributed by atoms with E-state index >= 15 is 0 Å². The predicted octanol–water partition coefficient (Wildman–Crippen LogP) is 2.88. The van der Waals surface area contributed by atoms with Gasteiger partial charge in [-0.05, 0) is 30.4 Å². The molecule has 1 aromatic carbocycles. The number of nitrogens with one attached hydrogen (secondary N) is 1. The molecule has 0 unspecified atom stereocenters. The molecule has 0 spiro atoms. The Hall–Kier alpha value is -0.960. The summed E-state index contributed by atoms with van der Waals surface area (Å²) >= 11 is 1.83. The highest BCUT2D eigenvalue weighted by molar-refractivity contribution is 7.99. The molecule has 1 aromatic heterocycles. The number of aromatic nitrogens is 2. The van der Waals surface area contributed by atoms with Crippen molar-refractivity contribution in [2.75, 3.05) is 5.75 Å². The molecule has 1 N–H and O–H groups in total. The van der Waals surface area contributed by atoms with Gasteiger partial charge in [-0.2, -0.15) is 0 Å². The van der Waals surface area contributed by atoms with Crippen molar-refractivity contribution in [1.29, 1.82) is 0 Å². The zero-order chi connectivity index (χ0) is 9.10. The lowest BCUT2D eigenvalue weighted by Crippen LogP contribution is -1.76. The van der Waals surface area contributed by atoms with Crippen LogP contribution >= 0.6 is 11.8 Å². The first kappa shape index (κ1) is 8.63. The van der Waals surface area contributed by atoms with Gasteiger partial charge < -0.3 is 4.98 Å². The topological polar surface area (TPSA) is 28.7 Å². The van der Waals surface area contributed by atoms with Crippen LogP contribution in [0.2, 0.25) is 0 Å². The molecule has 67 valence electrons. The summed E-state index contributed by atoms with van der Waals surface area (Å²) < 4.78 is 0. The number of thioether (sulfide) groups is 1. The Morgan fingerprint density at radius 2 is 2.38 bits per heavy atom. The summed E-state index contributed by atoms with van der Waals surface area (Å²) in [6.45, 7) is 3.81. The van der Waals surface area contributed by atoms with Gasteiger partial charge in [0.2, 0.25) is 0 Å². The minimum absolute atomic E-state index is 0.964. The summed E-state index contributed by atoms with van der Waals surface area (Å²) in [6, 6.07) is 6.27. The van der Waals surface area contributed by atoms with Crippen LogP contribution in [0.5, 0.6) is 0 Å². The molecule has 3 heteroatoms. The number of rotatable bonds is 3. The molecule has 13 heavy (non-hydrogen) atoms. The Bertz CT molecular complexity index is 394. The zero-order valence-corrected chi connectivity index (χ0v) is 8.10. The lowest BCUT2D eigenvalue weighted by atomic mass is 10.3. The normalized spacial score (nSPS) is 10.8. The van der Waals surface area contributed by atoms with Gasteiger partial charge in [0.05, 0.1) is 17.4 Å². The molecule has 0 saturated heterocycles. The van der Waals surface area contributed by atoms with Gasteiger partial charge in [-0.25, -0.2) is 4.98 Å². The van der Waals surface area contributed by atoms with Crippen LogP contribution in [-0.2, 0) is 0 Å². The standard InChI is InChI=1S/C10H11N2S/c1-2-5-13-8-3-4-9-10(6-8)12-7-11-9/h3-4,6-7H,1-2,5H2,(H,11,12). The summed E-state index contributed by atoms with van der Waals surface area (Å²) in [5.74, 6) is 1.07. The fraction of sp³-hybridized carbons (Fsp3) is 0.200. The van der Waals surface area contributed by atoms with E-state index in [-0.39, 0.29) is 0 Å². The van der Waals surface area contributed by atoms with Crippen LogP contribution in [0, 0.1) is 6.92 Å². The van der Waals surface area contributed by atoms with E-state index in [1.807, 2.05) is 17.8 Å². The summed E-state index contributed by atoms with van der Waals surface area (Å²) in [5, 5.41) is 0. The molecular weight excluding hydrogens is 180 g/mol. The molecule has 0 aliphatic carbocycles. The molecule has 0 atom stereocenters. The number of fused-ring (bicyclic) bond motifs is 1. The van der Waals surface area contributed by atoms with Gasteiger partial charge in [-0.15, -0.1) is 11.8 Å². The van der Waals surface area contributed by atoms with Crippen LogP contribution in [0.1, 0.15) is 6.42 Å². The van der Waals surface area contributed by atoms with Crippen molar-refractivity contribution in [2.24, 2.45) is 0 Å². The first-order valence-electron chi connectivity index (χ1n) is 4.25. The quantitative estimate of drug-likeness (QED) is 0.756. The Labute approximate surface area is 81.8 Å². The Balaban J connectivity index is 2.26. The van der Waals surface area contributed by atoms with Gasteiger partial charge in [-0.1, -0.05) is 6.92 Å². The fourth-order valence-electron chi connectivity index (χ4n) is 1.19. The lowest BCUT2D eigenvalue weighted by molar-refractivity contribution is 1.24. The predicted molar refractivity (Wildman–Crippen MR) is 56.8 cm³/mol. The second kappa shape index (κ2) is 3.83. The smallest absolute Gasteiger partial charge is 0.0931 e. The summed E-state index contributed by atoms with van der Waals surface area (Å²) in [7, 11) is 0. The van der Waals surface area contributed by atoms with Crippen molar-refractivity contribution >= 4 is 22.8 Å². The molecule has 0 fully saturated rings. The van der Waals surface area contributed by atoms with Crippen molar-refractivity contribution in [3.8, 4) is 0 Å². The molecule has 0 saturated carbocycles. The average molecular weight is 191 g/mol. The van der Waals surface area contributed by atoms with Gasteiger partial charge in [0.15, 0.2) is 0 Å². The number of aromatic amines is 1. The van der Waals surface area contributed by atoms with Crippen molar-refractivity contribution < 1.29 is 0 Å². The molecule has 2 aromatic rings. The average Bonchev–Trinajstić information content (AvgIpc) is 2.61. The summed E-state index contributed by atoms with van der Waals surface area (Å²) in [4.78, 5) is 8.54. The summed E-state index contributed by atoms with van der Waals surface area (Å²) in [5.41, 5.74) is 2.13. The highest BCUT2D eigenvalue weighted by atomic mass is 32.2. The van der Waals surface area contributed by atoms with Gasteiger partial charge in [0, 0.05) is 4.90 Å². The summed E-state index contributed by atoms with van der Waals surface area (Å²) in [6.07, 6.45) is 2.69. The van der Waals surface area contributed by atoms with E-state index in [0.29, 0.717) is 0 Å². The highest BCUT2D eigenvalue weighted by Gasteiger charge is 1.97. The van der Waals surface area contributed by atoms with Gasteiger partial charge in [-0.3, -0.25) is 0 Å². The number of nitrogens with zero attached hydrogens (tertiary/aromatic N) is 1. The first-order chi connectivity index (χ1) is 6.40. The van der Waals surface area contributed by atoms with E-state index in [4.69, 9.17) is 0 Å². The zero-order valence-electron chi connectivity index (χ0n) is 7.29. The van der Waals surface area contributed by atoms with E-state index < -0.39 is 0 Å². The fourth-order valence-corrected chi connectivity index (χ4v) is 1.94. The number of imidazole rings is 1. The Morgan fingerprint density at radius 3 is 3.23 bits per heavy atom. The van der Waals surface area contributed by atoms with E-state index in [2.05, 4.69) is 29.0 Å². The first-order valence-corrected chi connectivity index (χ1v) is 5.24. The highest BCUT2D eigenvalue weighted by Crippen LogP contribution is 2.21. The third kappa shape index (κ3) is 1.86. The molecule has 0 aliphatic rings. The number of H-pyrrole nitrogens is 1. The van der Waals surface area contributed by atoms with E-state index in [1.54, 1.807) is 6.33 Å². The molecular formula is C10H11N2S. The monoisotopic (exact) mass is 191 g/mol. The van der Waals surface area contributed by atoms with Gasteiger partial charge in [0.25, 0.3) is 0 Å². The van der Waals surface area contributed by atoms with Crippen molar-refractivity contribution in [2.45, 2.75) is 11.3 Å². The maximum absolute atomic E-state index is 4.16. The number of benzene rings is 1. The van der Waals surface area contributed by atoms with Crippen LogP contribution in [0.15, 0.2) is 29.4 Å². The number of hydrogen-bond donors (Lipinski definition) is 1. The third-order valence-corrected chi connectivity index (χ3v) is 2.88. The second-order valence-corrected chi connectivity index (χ2v) is 3.95. The lowest BCUT2D eigenvalue weighted by Gasteiger charge is -1.98. The van der Waals surface area contributed by atoms with Crippen LogP contribution in [0.3, 0.4) is 0 Å². The molecule has 0 amide bonds. The molecule has 2 rings (SSSR count). The molecule has 0 bridgehead atoms. The number of hydrogen-bond acceptors (Lipinski definition) is 2. The molecule has 1 heterocycles. The van der Waals surface area contributed by atoms with E-state index in [9.17, 15) is 0 Å². The SMILES string of the molecule is [CH2]CCSc1ccc2nc[nH]c2c1. The van der Waals surface area contributed by atoms with Crippen molar-refractivity contribution in [3.63, 3.8) is 0 Å². The van der Waals surface area contributed by atoms with Crippen molar-refractivity contribution in [1.82, 2.24) is 9.97 Å². The second-order valence-electron chi connectivity index (χ2n) is 2.78. The maximum atomic E-state index is 4.16. The maximum Gasteiger partial charge on any atom is 0.0931 e. The van der Waals surface area contributed by atoms with E-state index in [0.717, 1.165) is 23.2 Å². The van der Waals surface area contributed by atoms with Crippen LogP contribution in [0.4, 0.5) is 0 Å². The molecule has 1 radical (unpaired) electrons. The minimum atomic E-state index is 0.964. The van der Waals surface area contributed by atoms with Gasteiger partial charge in [0.1, 0.15) is 0 Å². The largest absolute Gasteiger partial charge is 0.345 e. The van der Waals surface area contributed by atoms with Crippen LogP contribution in [-0.4, -0.2) is 15.7 Å². The molecule has 0 aliphatic heterocycles. The van der Waals surface area contributed by atoms with Crippen molar-refractivity contribution in [3.05, 3.63) is 31.5 Å². The minimum Gasteiger partial charge on any atom is -0.345 e. The Kier molecular flexibility index (Phi) is 2.54. The third-order valence-electron chi connectivity index (χ3n) is 1.80. The van der Waals surface area contributed by atoms with Crippen LogP contribution in [0.25, 0.3) is 11.0 Å². The molecule has 2 nitrogen and oxygen atoms in total. The Morgan fingerprint density at radius 1 is 1.46 bits per heavy atom. The van der Waals surface area contributed by atoms with E-state index in [1.165, 1.54) is 4.90 Å².